The molecule has 0 heterocycles. The van der Waals surface area contributed by atoms with Crippen molar-refractivity contribution in [2.24, 2.45) is 0 Å². The Morgan fingerprint density at radius 2 is 2.11 bits per heavy atom. The zero-order chi connectivity index (χ0) is 14.6. The molecule has 0 fully saturated rings. The molecule has 0 bridgehead atoms. The monoisotopic (exact) mass is 268 g/mol. The highest BCUT2D eigenvalue weighted by molar-refractivity contribution is 5.97. The molecule has 1 aromatic carbocycles. The lowest BCUT2D eigenvalue weighted by Crippen LogP contribution is -2.43. The van der Waals surface area contributed by atoms with Gasteiger partial charge in [-0.25, -0.2) is 4.79 Å². The molecular formula is C11H12N2O6. The molecule has 0 saturated carbocycles. The summed E-state index contributed by atoms with van der Waals surface area (Å²) in [5, 5.41) is 30.2. The number of amides is 1. The first-order chi connectivity index (χ1) is 8.86. The van der Waals surface area contributed by atoms with Gasteiger partial charge >= 0.3 is 5.97 Å². The first-order valence-electron chi connectivity index (χ1n) is 5.26. The van der Waals surface area contributed by atoms with E-state index in [-0.39, 0.29) is 11.3 Å². The minimum absolute atomic E-state index is 0.0444. The van der Waals surface area contributed by atoms with Crippen molar-refractivity contribution in [3.63, 3.8) is 0 Å². The molecule has 0 aliphatic carbocycles. The molecule has 102 valence electrons. The number of aryl methyl sites for hydroxylation is 1. The second-order valence-electron chi connectivity index (χ2n) is 3.81. The van der Waals surface area contributed by atoms with Crippen LogP contribution in [0.15, 0.2) is 18.2 Å². The van der Waals surface area contributed by atoms with Gasteiger partial charge in [-0.1, -0.05) is 6.07 Å². The summed E-state index contributed by atoms with van der Waals surface area (Å²) in [5.74, 6) is -2.19. The maximum absolute atomic E-state index is 11.7. The number of aliphatic hydroxyl groups excluding tert-OH is 1. The molecule has 0 unspecified atom stereocenters. The van der Waals surface area contributed by atoms with Crippen molar-refractivity contribution < 1.29 is 24.7 Å². The average Bonchev–Trinajstić information content (AvgIpc) is 2.35. The van der Waals surface area contributed by atoms with Crippen molar-refractivity contribution in [3.05, 3.63) is 39.4 Å². The van der Waals surface area contributed by atoms with E-state index in [2.05, 4.69) is 5.32 Å². The molecule has 0 aliphatic heterocycles. The first kappa shape index (κ1) is 14.6. The summed E-state index contributed by atoms with van der Waals surface area (Å²) in [6.45, 7) is 0.753. The number of nitrogens with one attached hydrogen (secondary N) is 1. The van der Waals surface area contributed by atoms with Gasteiger partial charge in [-0.15, -0.1) is 0 Å². The van der Waals surface area contributed by atoms with E-state index < -0.39 is 29.4 Å². The van der Waals surface area contributed by atoms with Crippen LogP contribution < -0.4 is 5.32 Å². The number of rotatable bonds is 5. The Hall–Kier alpha value is -2.48. The Morgan fingerprint density at radius 3 is 2.58 bits per heavy atom. The van der Waals surface area contributed by atoms with Crippen molar-refractivity contribution in [1.29, 1.82) is 0 Å². The molecule has 3 N–H and O–H groups in total. The van der Waals surface area contributed by atoms with E-state index in [1.165, 1.54) is 19.1 Å². The summed E-state index contributed by atoms with van der Waals surface area (Å²) >= 11 is 0. The Balaban J connectivity index is 2.97. The third kappa shape index (κ3) is 3.49. The van der Waals surface area contributed by atoms with Crippen LogP contribution in [0.3, 0.4) is 0 Å². The van der Waals surface area contributed by atoms with Gasteiger partial charge in [-0.2, -0.15) is 0 Å². The highest BCUT2D eigenvalue weighted by atomic mass is 16.6. The molecule has 1 aromatic rings. The summed E-state index contributed by atoms with van der Waals surface area (Å²) in [6, 6.07) is 2.34. The smallest absolute Gasteiger partial charge is 0.328 e. The maximum Gasteiger partial charge on any atom is 0.328 e. The van der Waals surface area contributed by atoms with Gasteiger partial charge in [0.2, 0.25) is 0 Å². The molecular weight excluding hydrogens is 256 g/mol. The predicted molar refractivity (Wildman–Crippen MR) is 63.8 cm³/mol. The number of carboxylic acid groups (broad SMARTS) is 1. The van der Waals surface area contributed by atoms with E-state index >= 15 is 0 Å². The highest BCUT2D eigenvalue weighted by Crippen LogP contribution is 2.19. The molecule has 19 heavy (non-hydrogen) atoms. The van der Waals surface area contributed by atoms with Crippen LogP contribution in [0, 0.1) is 17.0 Å². The number of carbonyl (C=O) groups is 2. The van der Waals surface area contributed by atoms with Crippen LogP contribution in [0.2, 0.25) is 0 Å². The number of carbonyl (C=O) groups excluding carboxylic acids is 1. The Morgan fingerprint density at radius 1 is 1.47 bits per heavy atom. The molecule has 0 spiro atoms. The number of hydrogen-bond donors (Lipinski definition) is 3. The van der Waals surface area contributed by atoms with Crippen LogP contribution >= 0.6 is 0 Å². The fraction of sp³-hybridized carbons (Fsp3) is 0.273. The molecule has 0 aliphatic rings. The summed E-state index contributed by atoms with van der Waals surface area (Å²) < 4.78 is 0. The van der Waals surface area contributed by atoms with E-state index in [9.17, 15) is 19.7 Å². The number of nitro benzene ring substituents is 1. The molecule has 0 radical (unpaired) electrons. The predicted octanol–water partition coefficient (Wildman–Crippen LogP) is 0.0785. The summed E-state index contributed by atoms with van der Waals surface area (Å²) in [5.41, 5.74) is 0.110. The van der Waals surface area contributed by atoms with Gasteiger partial charge in [0.1, 0.15) is 0 Å². The van der Waals surface area contributed by atoms with Gasteiger partial charge in [-0.05, 0) is 13.0 Å². The van der Waals surface area contributed by atoms with Gasteiger partial charge < -0.3 is 15.5 Å². The zero-order valence-electron chi connectivity index (χ0n) is 9.99. The number of benzene rings is 1. The third-order valence-corrected chi connectivity index (χ3v) is 2.45. The standard InChI is InChI=1S/C11H12N2O6/c1-6-2-3-7(4-9(6)13(18)19)10(15)12-8(5-14)11(16)17/h2-4,8,14H,5H2,1H3,(H,12,15)(H,16,17)/t8-/m0/s1. The topological polar surface area (TPSA) is 130 Å². The number of hydrogen-bond acceptors (Lipinski definition) is 5. The Labute approximate surface area is 107 Å². The lowest BCUT2D eigenvalue weighted by atomic mass is 10.1. The molecule has 8 heteroatoms. The van der Waals surface area contributed by atoms with E-state index in [1.807, 2.05) is 0 Å². The van der Waals surface area contributed by atoms with E-state index in [1.54, 1.807) is 0 Å². The average molecular weight is 268 g/mol. The summed E-state index contributed by atoms with van der Waals surface area (Å²) in [4.78, 5) is 32.4. The summed E-state index contributed by atoms with van der Waals surface area (Å²) in [6.07, 6.45) is 0. The minimum atomic E-state index is -1.45. The van der Waals surface area contributed by atoms with Crippen LogP contribution in [0.5, 0.6) is 0 Å². The van der Waals surface area contributed by atoms with Crippen molar-refractivity contribution in [2.75, 3.05) is 6.61 Å². The van der Waals surface area contributed by atoms with Gasteiger partial charge in [0, 0.05) is 17.2 Å². The number of nitro groups is 1. The van der Waals surface area contributed by atoms with Gasteiger partial charge in [-0.3, -0.25) is 14.9 Å². The molecule has 8 nitrogen and oxygen atoms in total. The largest absolute Gasteiger partial charge is 0.480 e. The van der Waals surface area contributed by atoms with Crippen LogP contribution in [-0.4, -0.2) is 39.7 Å². The number of aliphatic carboxylic acids is 1. The van der Waals surface area contributed by atoms with Gasteiger partial charge in [0.05, 0.1) is 11.5 Å². The van der Waals surface area contributed by atoms with Crippen molar-refractivity contribution in [1.82, 2.24) is 5.32 Å². The number of aliphatic hydroxyl groups is 1. The lowest BCUT2D eigenvalue weighted by Gasteiger charge is -2.11. The molecule has 1 atom stereocenters. The number of carboxylic acids is 1. The van der Waals surface area contributed by atoms with Crippen LogP contribution in [0.1, 0.15) is 15.9 Å². The van der Waals surface area contributed by atoms with Crippen LogP contribution in [0.25, 0.3) is 0 Å². The van der Waals surface area contributed by atoms with Crippen molar-refractivity contribution in [2.45, 2.75) is 13.0 Å². The quantitative estimate of drug-likeness (QED) is 0.512. The highest BCUT2D eigenvalue weighted by Gasteiger charge is 2.21. The first-order valence-corrected chi connectivity index (χ1v) is 5.26. The second-order valence-corrected chi connectivity index (χ2v) is 3.81. The maximum atomic E-state index is 11.7. The Kier molecular flexibility index (Phi) is 4.54. The molecule has 0 aromatic heterocycles. The second kappa shape index (κ2) is 5.91. The molecule has 1 amide bonds. The van der Waals surface area contributed by atoms with E-state index in [0.717, 1.165) is 6.07 Å². The SMILES string of the molecule is Cc1ccc(C(=O)N[C@@H](CO)C(=O)O)cc1[N+](=O)[O-]. The number of nitrogens with zero attached hydrogens (tertiary/aromatic N) is 1. The van der Waals surface area contributed by atoms with Crippen LogP contribution in [0.4, 0.5) is 5.69 Å². The molecule has 1 rings (SSSR count). The molecule has 0 saturated heterocycles. The van der Waals surface area contributed by atoms with Crippen LogP contribution in [-0.2, 0) is 4.79 Å². The summed E-state index contributed by atoms with van der Waals surface area (Å²) in [7, 11) is 0. The van der Waals surface area contributed by atoms with Crippen molar-refractivity contribution in [3.8, 4) is 0 Å². The third-order valence-electron chi connectivity index (χ3n) is 2.45. The minimum Gasteiger partial charge on any atom is -0.480 e. The zero-order valence-corrected chi connectivity index (χ0v) is 9.99. The fourth-order valence-corrected chi connectivity index (χ4v) is 1.37. The lowest BCUT2D eigenvalue weighted by molar-refractivity contribution is -0.385. The van der Waals surface area contributed by atoms with Gasteiger partial charge in [0.25, 0.3) is 11.6 Å². The Bertz CT molecular complexity index is 528. The van der Waals surface area contributed by atoms with E-state index in [0.29, 0.717) is 5.56 Å². The normalized spacial score (nSPS) is 11.7. The van der Waals surface area contributed by atoms with E-state index in [4.69, 9.17) is 10.2 Å². The fourth-order valence-electron chi connectivity index (χ4n) is 1.37. The van der Waals surface area contributed by atoms with Crippen molar-refractivity contribution >= 4 is 17.6 Å². The van der Waals surface area contributed by atoms with Gasteiger partial charge in [0.15, 0.2) is 6.04 Å².